The minimum Gasteiger partial charge on any atom is -0.376 e. The molecule has 1 rings (SSSR count). The van der Waals surface area contributed by atoms with Crippen molar-refractivity contribution in [1.29, 1.82) is 0 Å². The Balaban J connectivity index is 2.34. The van der Waals surface area contributed by atoms with Gasteiger partial charge in [0.15, 0.2) is 0 Å². The first-order valence-electron chi connectivity index (χ1n) is 6.53. The lowest BCUT2D eigenvalue weighted by Crippen LogP contribution is -2.23. The number of hydrogen-bond donors (Lipinski definition) is 1. The maximum absolute atomic E-state index is 5.46. The molecule has 0 saturated heterocycles. The molecule has 0 bridgehead atoms. The van der Waals surface area contributed by atoms with Crippen LogP contribution in [0, 0.1) is 13.8 Å². The zero-order valence-electron chi connectivity index (χ0n) is 12.0. The summed E-state index contributed by atoms with van der Waals surface area (Å²) in [5.41, 5.74) is 5.09. The van der Waals surface area contributed by atoms with Gasteiger partial charge in [-0.25, -0.2) is 0 Å². The molecule has 0 amide bonds. The molecule has 0 aliphatic heterocycles. The molecule has 18 heavy (non-hydrogen) atoms. The van der Waals surface area contributed by atoms with Gasteiger partial charge >= 0.3 is 0 Å². The largest absolute Gasteiger partial charge is 0.376 e. The van der Waals surface area contributed by atoms with Gasteiger partial charge in [-0.1, -0.05) is 30.4 Å². The lowest BCUT2D eigenvalue weighted by molar-refractivity contribution is 0.156. The Morgan fingerprint density at radius 2 is 2.06 bits per heavy atom. The van der Waals surface area contributed by atoms with Crippen LogP contribution in [0.15, 0.2) is 30.4 Å². The van der Waals surface area contributed by atoms with Gasteiger partial charge in [0.25, 0.3) is 0 Å². The first-order chi connectivity index (χ1) is 8.50. The molecule has 2 heteroatoms. The van der Waals surface area contributed by atoms with Crippen LogP contribution in [0.25, 0.3) is 0 Å². The summed E-state index contributed by atoms with van der Waals surface area (Å²) >= 11 is 0. The minimum absolute atomic E-state index is 0.359. The van der Waals surface area contributed by atoms with Crippen LogP contribution in [0.2, 0.25) is 0 Å². The van der Waals surface area contributed by atoms with Gasteiger partial charge in [0.05, 0.1) is 13.2 Å². The maximum atomic E-state index is 5.46. The number of rotatable bonds is 7. The highest BCUT2D eigenvalue weighted by molar-refractivity contribution is 5.31. The SMILES string of the molecule is C=C(C)COCCNC(C)c1ccc(C)c(C)c1. The Hall–Kier alpha value is -1.12. The Bertz CT molecular complexity index is 398. The van der Waals surface area contributed by atoms with E-state index in [-0.39, 0.29) is 0 Å². The van der Waals surface area contributed by atoms with E-state index in [9.17, 15) is 0 Å². The number of hydrogen-bond acceptors (Lipinski definition) is 2. The summed E-state index contributed by atoms with van der Waals surface area (Å²) in [5.74, 6) is 0. The van der Waals surface area contributed by atoms with Crippen molar-refractivity contribution in [3.8, 4) is 0 Å². The van der Waals surface area contributed by atoms with Gasteiger partial charge in [0.1, 0.15) is 0 Å². The molecule has 1 atom stereocenters. The van der Waals surface area contributed by atoms with E-state index >= 15 is 0 Å². The molecule has 0 aromatic heterocycles. The minimum atomic E-state index is 0.359. The van der Waals surface area contributed by atoms with E-state index in [2.05, 4.69) is 50.9 Å². The van der Waals surface area contributed by atoms with Crippen LogP contribution in [0.3, 0.4) is 0 Å². The van der Waals surface area contributed by atoms with Crippen LogP contribution in [0.4, 0.5) is 0 Å². The number of ether oxygens (including phenoxy) is 1. The lowest BCUT2D eigenvalue weighted by atomic mass is 10.0. The standard InChI is InChI=1S/C16H25NO/c1-12(2)11-18-9-8-17-15(5)16-7-6-13(3)14(4)10-16/h6-7,10,15,17H,1,8-9,11H2,2-5H3. The second kappa shape index (κ2) is 7.34. The van der Waals surface area contributed by atoms with Crippen LogP contribution in [-0.4, -0.2) is 19.8 Å². The normalized spacial score (nSPS) is 12.4. The van der Waals surface area contributed by atoms with Crippen molar-refractivity contribution in [2.24, 2.45) is 0 Å². The van der Waals surface area contributed by atoms with Crippen LogP contribution in [-0.2, 0) is 4.74 Å². The van der Waals surface area contributed by atoms with Gasteiger partial charge < -0.3 is 10.1 Å². The Morgan fingerprint density at radius 3 is 2.67 bits per heavy atom. The molecular weight excluding hydrogens is 222 g/mol. The number of benzene rings is 1. The van der Waals surface area contributed by atoms with E-state index < -0.39 is 0 Å². The monoisotopic (exact) mass is 247 g/mol. The number of aryl methyl sites for hydroxylation is 2. The third-order valence-electron chi connectivity index (χ3n) is 3.08. The summed E-state index contributed by atoms with van der Waals surface area (Å²) in [4.78, 5) is 0. The summed E-state index contributed by atoms with van der Waals surface area (Å²) in [7, 11) is 0. The molecule has 0 fully saturated rings. The number of nitrogens with one attached hydrogen (secondary N) is 1. The van der Waals surface area contributed by atoms with E-state index in [0.717, 1.165) is 18.7 Å². The smallest absolute Gasteiger partial charge is 0.0672 e. The van der Waals surface area contributed by atoms with Crippen molar-refractivity contribution in [2.75, 3.05) is 19.8 Å². The third kappa shape index (κ3) is 5.03. The molecule has 1 aromatic rings. The van der Waals surface area contributed by atoms with E-state index in [1.165, 1.54) is 16.7 Å². The summed E-state index contributed by atoms with van der Waals surface area (Å²) in [6.07, 6.45) is 0. The molecule has 100 valence electrons. The first-order valence-corrected chi connectivity index (χ1v) is 6.53. The molecule has 1 aromatic carbocycles. The van der Waals surface area contributed by atoms with Crippen LogP contribution >= 0.6 is 0 Å². The fraction of sp³-hybridized carbons (Fsp3) is 0.500. The second-order valence-electron chi connectivity index (χ2n) is 5.03. The molecule has 2 nitrogen and oxygen atoms in total. The summed E-state index contributed by atoms with van der Waals surface area (Å²) in [5, 5.41) is 3.46. The van der Waals surface area contributed by atoms with E-state index in [0.29, 0.717) is 12.6 Å². The van der Waals surface area contributed by atoms with E-state index in [4.69, 9.17) is 4.74 Å². The van der Waals surface area contributed by atoms with Crippen molar-refractivity contribution < 1.29 is 4.74 Å². The molecule has 0 radical (unpaired) electrons. The molecule has 0 heterocycles. The van der Waals surface area contributed by atoms with Crippen molar-refractivity contribution in [1.82, 2.24) is 5.32 Å². The average molecular weight is 247 g/mol. The van der Waals surface area contributed by atoms with Gasteiger partial charge in [-0.15, -0.1) is 0 Å². The molecular formula is C16H25NO. The summed E-state index contributed by atoms with van der Waals surface area (Å²) in [6, 6.07) is 6.98. The highest BCUT2D eigenvalue weighted by Gasteiger charge is 2.05. The fourth-order valence-electron chi connectivity index (χ4n) is 1.75. The van der Waals surface area contributed by atoms with Gasteiger partial charge in [0, 0.05) is 12.6 Å². The predicted octanol–water partition coefficient (Wildman–Crippen LogP) is 3.55. The van der Waals surface area contributed by atoms with Crippen molar-refractivity contribution >= 4 is 0 Å². The van der Waals surface area contributed by atoms with Crippen molar-refractivity contribution in [3.63, 3.8) is 0 Å². The zero-order valence-corrected chi connectivity index (χ0v) is 12.0. The Labute approximate surface area is 111 Å². The third-order valence-corrected chi connectivity index (χ3v) is 3.08. The van der Waals surface area contributed by atoms with Crippen LogP contribution in [0.1, 0.15) is 36.6 Å². The first kappa shape index (κ1) is 14.9. The van der Waals surface area contributed by atoms with Gasteiger partial charge in [-0.05, 0) is 44.4 Å². The van der Waals surface area contributed by atoms with Crippen LogP contribution in [0.5, 0.6) is 0 Å². The molecule has 0 aliphatic carbocycles. The zero-order chi connectivity index (χ0) is 13.5. The quantitative estimate of drug-likeness (QED) is 0.588. The molecule has 0 spiro atoms. The molecule has 0 aliphatic rings. The van der Waals surface area contributed by atoms with Gasteiger partial charge in [-0.2, -0.15) is 0 Å². The Morgan fingerprint density at radius 1 is 1.33 bits per heavy atom. The van der Waals surface area contributed by atoms with Gasteiger partial charge in [-0.3, -0.25) is 0 Å². The topological polar surface area (TPSA) is 21.3 Å². The second-order valence-corrected chi connectivity index (χ2v) is 5.03. The molecule has 0 saturated carbocycles. The van der Waals surface area contributed by atoms with E-state index in [1.54, 1.807) is 0 Å². The summed E-state index contributed by atoms with van der Waals surface area (Å²) in [6.45, 7) is 14.5. The van der Waals surface area contributed by atoms with Gasteiger partial charge in [0.2, 0.25) is 0 Å². The predicted molar refractivity (Wildman–Crippen MR) is 78.0 cm³/mol. The Kier molecular flexibility index (Phi) is 6.10. The fourth-order valence-corrected chi connectivity index (χ4v) is 1.75. The maximum Gasteiger partial charge on any atom is 0.0672 e. The summed E-state index contributed by atoms with van der Waals surface area (Å²) < 4.78 is 5.46. The van der Waals surface area contributed by atoms with Crippen LogP contribution < -0.4 is 5.32 Å². The average Bonchev–Trinajstić information content (AvgIpc) is 2.31. The van der Waals surface area contributed by atoms with E-state index in [1.807, 2.05) is 6.92 Å². The highest BCUT2D eigenvalue weighted by atomic mass is 16.5. The molecule has 1 N–H and O–H groups in total. The van der Waals surface area contributed by atoms with Crippen molar-refractivity contribution in [3.05, 3.63) is 47.0 Å². The van der Waals surface area contributed by atoms with Crippen molar-refractivity contribution in [2.45, 2.75) is 33.7 Å². The molecule has 1 unspecified atom stereocenters. The lowest BCUT2D eigenvalue weighted by Gasteiger charge is -2.15. The highest BCUT2D eigenvalue weighted by Crippen LogP contribution is 2.16.